The topological polar surface area (TPSA) is 70.2 Å². The largest absolute Gasteiger partial charge is 0.477 e. The van der Waals surface area contributed by atoms with Gasteiger partial charge in [-0.3, -0.25) is 4.79 Å². The molecule has 0 unspecified atom stereocenters. The molecule has 66 valence electrons. The third-order valence-corrected chi connectivity index (χ3v) is 2.54. The van der Waals surface area contributed by atoms with Crippen LogP contribution in [-0.2, 0) is 0 Å². The average Bonchev–Trinajstić information content (AvgIpc) is 2.48. The molecular weight excluding hydrogens is 190 g/mol. The Bertz CT molecular complexity index is 525. The molecule has 2 heterocycles. The van der Waals surface area contributed by atoms with Crippen molar-refractivity contribution in [3.8, 4) is 0 Å². The molecule has 0 saturated heterocycles. The number of carbonyl (C=O) groups is 1. The van der Waals surface area contributed by atoms with Crippen LogP contribution in [0.4, 0.5) is 0 Å². The van der Waals surface area contributed by atoms with Crippen molar-refractivity contribution in [1.82, 2.24) is 4.98 Å². The normalized spacial score (nSPS) is 10.5. The third kappa shape index (κ3) is 1.23. The van der Waals surface area contributed by atoms with Gasteiger partial charge < -0.3 is 10.1 Å². The van der Waals surface area contributed by atoms with E-state index in [0.29, 0.717) is 4.83 Å². The van der Waals surface area contributed by atoms with Crippen molar-refractivity contribution >= 4 is 27.5 Å². The molecule has 0 spiro atoms. The first kappa shape index (κ1) is 8.00. The van der Waals surface area contributed by atoms with Crippen molar-refractivity contribution in [2.45, 2.75) is 0 Å². The maximum atomic E-state index is 11.1. The number of pyridine rings is 1. The van der Waals surface area contributed by atoms with E-state index in [4.69, 9.17) is 5.11 Å². The van der Waals surface area contributed by atoms with Gasteiger partial charge >= 0.3 is 5.97 Å². The van der Waals surface area contributed by atoms with Crippen LogP contribution in [-0.4, -0.2) is 16.1 Å². The average molecular weight is 195 g/mol. The van der Waals surface area contributed by atoms with Crippen LogP contribution >= 0.6 is 11.3 Å². The zero-order valence-electron chi connectivity index (χ0n) is 6.40. The number of H-pyrrole nitrogens is 1. The number of hydrogen-bond acceptors (Lipinski definition) is 3. The lowest BCUT2D eigenvalue weighted by Crippen LogP contribution is -2.16. The lowest BCUT2D eigenvalue weighted by Gasteiger charge is -1.92. The molecule has 0 radical (unpaired) electrons. The number of aromatic carboxylic acids is 1. The van der Waals surface area contributed by atoms with Crippen molar-refractivity contribution in [1.29, 1.82) is 0 Å². The second-order valence-corrected chi connectivity index (χ2v) is 3.44. The van der Waals surface area contributed by atoms with Crippen molar-refractivity contribution in [3.05, 3.63) is 33.4 Å². The van der Waals surface area contributed by atoms with Gasteiger partial charge in [0, 0.05) is 5.39 Å². The number of fused-ring (bicyclic) bond motifs is 1. The number of aromatic amines is 1. The second-order valence-electron chi connectivity index (χ2n) is 2.52. The van der Waals surface area contributed by atoms with E-state index < -0.39 is 11.5 Å². The van der Waals surface area contributed by atoms with Gasteiger partial charge in [0.15, 0.2) is 0 Å². The summed E-state index contributed by atoms with van der Waals surface area (Å²) in [6, 6.07) is 3.15. The fraction of sp³-hybridized carbons (Fsp3) is 0. The van der Waals surface area contributed by atoms with Crippen LogP contribution in [0.3, 0.4) is 0 Å². The van der Waals surface area contributed by atoms with Gasteiger partial charge in [0.25, 0.3) is 5.56 Å². The third-order valence-electron chi connectivity index (χ3n) is 1.70. The fourth-order valence-corrected chi connectivity index (χ4v) is 1.85. The Morgan fingerprint density at radius 2 is 2.31 bits per heavy atom. The van der Waals surface area contributed by atoms with Gasteiger partial charge in [0.05, 0.1) is 0 Å². The van der Waals surface area contributed by atoms with Crippen LogP contribution in [0.15, 0.2) is 22.3 Å². The fourth-order valence-electron chi connectivity index (χ4n) is 1.08. The summed E-state index contributed by atoms with van der Waals surface area (Å²) in [6.45, 7) is 0. The molecule has 0 atom stereocenters. The Morgan fingerprint density at radius 1 is 1.54 bits per heavy atom. The van der Waals surface area contributed by atoms with Gasteiger partial charge in [-0.2, -0.15) is 0 Å². The van der Waals surface area contributed by atoms with Crippen LogP contribution in [0, 0.1) is 0 Å². The SMILES string of the molecule is O=C(O)c1cc2ccsc2[nH]c1=O. The Kier molecular flexibility index (Phi) is 1.66. The van der Waals surface area contributed by atoms with Gasteiger partial charge in [0.1, 0.15) is 10.4 Å². The number of carboxylic acid groups (broad SMARTS) is 1. The second kappa shape index (κ2) is 2.70. The summed E-state index contributed by atoms with van der Waals surface area (Å²) >= 11 is 1.37. The minimum atomic E-state index is -1.20. The first-order chi connectivity index (χ1) is 6.18. The zero-order valence-corrected chi connectivity index (χ0v) is 7.22. The summed E-state index contributed by atoms with van der Waals surface area (Å²) < 4.78 is 0. The highest BCUT2D eigenvalue weighted by Gasteiger charge is 2.09. The number of carboxylic acids is 1. The number of nitrogens with one attached hydrogen (secondary N) is 1. The maximum Gasteiger partial charge on any atom is 0.341 e. The highest BCUT2D eigenvalue weighted by Crippen LogP contribution is 2.16. The van der Waals surface area contributed by atoms with Gasteiger partial charge in [-0.15, -0.1) is 11.3 Å². The molecule has 2 rings (SSSR count). The molecule has 0 aromatic carbocycles. The molecule has 4 nitrogen and oxygen atoms in total. The lowest BCUT2D eigenvalue weighted by molar-refractivity contribution is 0.0695. The smallest absolute Gasteiger partial charge is 0.341 e. The van der Waals surface area contributed by atoms with Gasteiger partial charge in [-0.25, -0.2) is 4.79 Å². The number of aromatic nitrogens is 1. The predicted molar refractivity (Wildman–Crippen MR) is 49.4 cm³/mol. The Morgan fingerprint density at radius 3 is 3.00 bits per heavy atom. The van der Waals surface area contributed by atoms with Crippen molar-refractivity contribution in [2.75, 3.05) is 0 Å². The highest BCUT2D eigenvalue weighted by molar-refractivity contribution is 7.16. The molecule has 0 aliphatic carbocycles. The van der Waals surface area contributed by atoms with Gasteiger partial charge in [-0.05, 0) is 17.5 Å². The molecule has 0 amide bonds. The Hall–Kier alpha value is -1.62. The summed E-state index contributed by atoms with van der Waals surface area (Å²) in [5.74, 6) is -1.20. The van der Waals surface area contributed by atoms with E-state index in [1.807, 2.05) is 0 Å². The van der Waals surface area contributed by atoms with Crippen LogP contribution < -0.4 is 5.56 Å². The van der Waals surface area contributed by atoms with Gasteiger partial charge in [0.2, 0.25) is 0 Å². The molecule has 5 heteroatoms. The van der Waals surface area contributed by atoms with Crippen molar-refractivity contribution in [2.24, 2.45) is 0 Å². The molecule has 13 heavy (non-hydrogen) atoms. The molecule has 2 aromatic heterocycles. The summed E-state index contributed by atoms with van der Waals surface area (Å²) in [5.41, 5.74) is -0.770. The van der Waals surface area contributed by atoms with E-state index in [0.717, 1.165) is 5.39 Å². The number of hydrogen-bond donors (Lipinski definition) is 2. The van der Waals surface area contributed by atoms with Crippen LogP contribution in [0.5, 0.6) is 0 Å². The van der Waals surface area contributed by atoms with E-state index in [1.165, 1.54) is 17.4 Å². The van der Waals surface area contributed by atoms with E-state index in [-0.39, 0.29) is 5.56 Å². The molecule has 0 aliphatic heterocycles. The van der Waals surface area contributed by atoms with E-state index in [2.05, 4.69) is 4.98 Å². The predicted octanol–water partition coefficient (Wildman–Crippen LogP) is 1.29. The zero-order chi connectivity index (χ0) is 9.42. The van der Waals surface area contributed by atoms with Crippen LogP contribution in [0.2, 0.25) is 0 Å². The molecule has 0 aliphatic rings. The first-order valence-corrected chi connectivity index (χ1v) is 4.40. The number of thiophene rings is 1. The van der Waals surface area contributed by atoms with Crippen molar-refractivity contribution < 1.29 is 9.90 Å². The van der Waals surface area contributed by atoms with Crippen LogP contribution in [0.25, 0.3) is 10.2 Å². The van der Waals surface area contributed by atoms with Crippen molar-refractivity contribution in [3.63, 3.8) is 0 Å². The molecule has 0 saturated carbocycles. The van der Waals surface area contributed by atoms with Gasteiger partial charge in [-0.1, -0.05) is 0 Å². The minimum Gasteiger partial charge on any atom is -0.477 e. The van der Waals surface area contributed by atoms with E-state index >= 15 is 0 Å². The standard InChI is InChI=1S/C8H5NO3S/c10-6-5(8(11)12)3-4-1-2-13-7(4)9-6/h1-3H,(H,9,10)(H,11,12). The summed E-state index contributed by atoms with van der Waals surface area (Å²) in [7, 11) is 0. The first-order valence-electron chi connectivity index (χ1n) is 3.52. The molecular formula is C8H5NO3S. The quantitative estimate of drug-likeness (QED) is 0.720. The molecule has 0 fully saturated rings. The summed E-state index contributed by atoms with van der Waals surface area (Å²) in [6.07, 6.45) is 0. The lowest BCUT2D eigenvalue weighted by atomic mass is 10.2. The summed E-state index contributed by atoms with van der Waals surface area (Å²) in [4.78, 5) is 24.9. The summed E-state index contributed by atoms with van der Waals surface area (Å²) in [5, 5.41) is 11.2. The molecule has 2 N–H and O–H groups in total. The molecule has 2 aromatic rings. The Labute approximate surface area is 76.5 Å². The Balaban J connectivity index is 2.84. The van der Waals surface area contributed by atoms with E-state index in [1.54, 1.807) is 11.4 Å². The number of rotatable bonds is 1. The molecule has 0 bridgehead atoms. The monoisotopic (exact) mass is 195 g/mol. The highest BCUT2D eigenvalue weighted by atomic mass is 32.1. The van der Waals surface area contributed by atoms with E-state index in [9.17, 15) is 9.59 Å². The maximum absolute atomic E-state index is 11.1. The minimum absolute atomic E-state index is 0.217. The van der Waals surface area contributed by atoms with Crippen LogP contribution in [0.1, 0.15) is 10.4 Å².